The van der Waals surface area contributed by atoms with Crippen molar-refractivity contribution < 1.29 is 9.90 Å². The van der Waals surface area contributed by atoms with Crippen LogP contribution in [-0.4, -0.2) is 17.3 Å². The van der Waals surface area contributed by atoms with Crippen molar-refractivity contribution in [2.75, 3.05) is 5.43 Å². The van der Waals surface area contributed by atoms with Gasteiger partial charge in [0.2, 0.25) is 0 Å². The quantitative estimate of drug-likeness (QED) is 0.659. The largest absolute Gasteiger partial charge is 0.478 e. The maximum Gasteiger partial charge on any atom is 0.335 e. The zero-order valence-electron chi connectivity index (χ0n) is 10.2. The van der Waals surface area contributed by atoms with Gasteiger partial charge in [0.05, 0.1) is 27.5 Å². The van der Waals surface area contributed by atoms with Crippen molar-refractivity contribution in [1.29, 1.82) is 0 Å². The van der Waals surface area contributed by atoms with Crippen molar-refractivity contribution in [1.82, 2.24) is 0 Å². The van der Waals surface area contributed by atoms with Gasteiger partial charge in [-0.2, -0.15) is 5.10 Å². The number of rotatable bonds is 4. The smallest absolute Gasteiger partial charge is 0.335 e. The van der Waals surface area contributed by atoms with Gasteiger partial charge in [0.25, 0.3) is 0 Å². The van der Waals surface area contributed by atoms with E-state index in [1.807, 2.05) is 0 Å². The van der Waals surface area contributed by atoms with Gasteiger partial charge in [-0.15, -0.1) is 0 Å². The van der Waals surface area contributed by atoms with Crippen molar-refractivity contribution in [3.8, 4) is 0 Å². The fourth-order valence-corrected chi connectivity index (χ4v) is 1.80. The van der Waals surface area contributed by atoms with Crippen LogP contribution < -0.4 is 5.43 Å². The van der Waals surface area contributed by atoms with E-state index in [0.717, 1.165) is 5.56 Å². The van der Waals surface area contributed by atoms with Crippen molar-refractivity contribution in [2.45, 2.75) is 0 Å². The second kappa shape index (κ2) is 6.41. The molecule has 2 aromatic rings. The Morgan fingerprint density at radius 1 is 1.15 bits per heavy atom. The molecule has 0 aromatic heterocycles. The Hall–Kier alpha value is -2.04. The van der Waals surface area contributed by atoms with Gasteiger partial charge in [0, 0.05) is 0 Å². The van der Waals surface area contributed by atoms with Crippen LogP contribution in [0, 0.1) is 0 Å². The van der Waals surface area contributed by atoms with Crippen LogP contribution in [0.25, 0.3) is 0 Å². The summed E-state index contributed by atoms with van der Waals surface area (Å²) in [5.74, 6) is -0.984. The Kier molecular flexibility index (Phi) is 4.61. The number of benzene rings is 2. The highest BCUT2D eigenvalue weighted by Crippen LogP contribution is 2.21. The predicted molar refractivity (Wildman–Crippen MR) is 81.1 cm³/mol. The molecule has 102 valence electrons. The van der Waals surface area contributed by atoms with Crippen molar-refractivity contribution in [3.05, 3.63) is 63.6 Å². The second-order valence-electron chi connectivity index (χ2n) is 3.93. The molecule has 0 atom stereocenters. The van der Waals surface area contributed by atoms with Gasteiger partial charge in [-0.25, -0.2) is 4.79 Å². The third-order valence-corrected chi connectivity index (χ3v) is 3.20. The van der Waals surface area contributed by atoms with Crippen molar-refractivity contribution >= 4 is 41.1 Å². The summed E-state index contributed by atoms with van der Waals surface area (Å²) in [6.07, 6.45) is 1.57. The first-order valence-corrected chi connectivity index (χ1v) is 6.39. The van der Waals surface area contributed by atoms with Gasteiger partial charge in [0.15, 0.2) is 0 Å². The first-order valence-electron chi connectivity index (χ1n) is 5.64. The second-order valence-corrected chi connectivity index (χ2v) is 4.74. The highest BCUT2D eigenvalue weighted by Gasteiger charge is 2.02. The maximum absolute atomic E-state index is 10.8. The number of carbonyl (C=O) groups is 1. The zero-order valence-corrected chi connectivity index (χ0v) is 11.7. The Bertz CT molecular complexity index is 672. The van der Waals surface area contributed by atoms with Crippen LogP contribution in [0.1, 0.15) is 15.9 Å². The summed E-state index contributed by atoms with van der Waals surface area (Å²) in [4.78, 5) is 10.8. The third-order valence-electron chi connectivity index (χ3n) is 2.46. The number of nitrogens with zero attached hydrogens (tertiary/aromatic N) is 1. The molecular weight excluding hydrogens is 299 g/mol. The van der Waals surface area contributed by atoms with Crippen LogP contribution in [0.3, 0.4) is 0 Å². The van der Waals surface area contributed by atoms with Gasteiger partial charge < -0.3 is 5.11 Å². The topological polar surface area (TPSA) is 61.7 Å². The molecule has 0 heterocycles. The number of nitrogens with one attached hydrogen (secondary N) is 1. The van der Waals surface area contributed by atoms with Gasteiger partial charge >= 0.3 is 5.97 Å². The number of carboxylic acids is 1. The Morgan fingerprint density at radius 2 is 1.95 bits per heavy atom. The molecule has 0 unspecified atom stereocenters. The van der Waals surface area contributed by atoms with Crippen LogP contribution >= 0.6 is 23.2 Å². The lowest BCUT2D eigenvalue weighted by molar-refractivity contribution is 0.0697. The number of aromatic carboxylic acids is 1. The summed E-state index contributed by atoms with van der Waals surface area (Å²) in [7, 11) is 0. The summed E-state index contributed by atoms with van der Waals surface area (Å²) in [6.45, 7) is 0. The average Bonchev–Trinajstić information content (AvgIpc) is 2.43. The summed E-state index contributed by atoms with van der Waals surface area (Å²) >= 11 is 11.7. The molecule has 0 aliphatic rings. The number of hydrogen-bond donors (Lipinski definition) is 2. The number of hydrogen-bond acceptors (Lipinski definition) is 3. The molecule has 0 radical (unpaired) electrons. The first-order chi connectivity index (χ1) is 9.56. The molecule has 2 rings (SSSR count). The van der Waals surface area contributed by atoms with Crippen molar-refractivity contribution in [2.24, 2.45) is 5.10 Å². The molecule has 0 aliphatic heterocycles. The summed E-state index contributed by atoms with van der Waals surface area (Å²) < 4.78 is 0. The van der Waals surface area contributed by atoms with E-state index in [4.69, 9.17) is 28.3 Å². The molecule has 0 fully saturated rings. The predicted octanol–water partition coefficient (Wildman–Crippen LogP) is 4.14. The fourth-order valence-electron chi connectivity index (χ4n) is 1.50. The molecule has 0 bridgehead atoms. The average molecular weight is 309 g/mol. The molecular formula is C14H10Cl2N2O2. The molecule has 0 saturated heterocycles. The lowest BCUT2D eigenvalue weighted by Gasteiger charge is -2.01. The van der Waals surface area contributed by atoms with E-state index in [9.17, 15) is 4.79 Å². The van der Waals surface area contributed by atoms with Crippen LogP contribution in [0.5, 0.6) is 0 Å². The first kappa shape index (κ1) is 14.4. The number of hydrazone groups is 1. The summed E-state index contributed by atoms with van der Waals surface area (Å²) in [5.41, 5.74) is 4.31. The van der Waals surface area contributed by atoms with Crippen LogP contribution in [0.2, 0.25) is 10.0 Å². The third kappa shape index (κ3) is 3.73. The standard InChI is InChI=1S/C14H10Cl2N2O2/c15-12-5-4-9(6-13(12)16)8-17-18-11-3-1-2-10(7-11)14(19)20/h1-8,18H,(H,19,20). The van der Waals surface area contributed by atoms with E-state index in [1.165, 1.54) is 12.1 Å². The minimum absolute atomic E-state index is 0.194. The van der Waals surface area contributed by atoms with Gasteiger partial charge in [0.1, 0.15) is 0 Å². The summed E-state index contributed by atoms with van der Waals surface area (Å²) in [5, 5.41) is 13.8. The molecule has 20 heavy (non-hydrogen) atoms. The van der Waals surface area contributed by atoms with E-state index in [1.54, 1.807) is 36.5 Å². The van der Waals surface area contributed by atoms with Gasteiger partial charge in [-0.05, 0) is 35.9 Å². The molecule has 2 aromatic carbocycles. The van der Waals surface area contributed by atoms with Crippen molar-refractivity contribution in [3.63, 3.8) is 0 Å². The van der Waals surface area contributed by atoms with Gasteiger partial charge in [-0.3, -0.25) is 5.43 Å². The van der Waals surface area contributed by atoms with Gasteiger partial charge in [-0.1, -0.05) is 35.3 Å². The van der Waals surface area contributed by atoms with Crippen LogP contribution in [0.4, 0.5) is 5.69 Å². The molecule has 0 amide bonds. The number of anilines is 1. The lowest BCUT2D eigenvalue weighted by atomic mass is 10.2. The van der Waals surface area contributed by atoms with Crippen LogP contribution in [-0.2, 0) is 0 Å². The number of halogens is 2. The molecule has 0 spiro atoms. The minimum atomic E-state index is -0.984. The minimum Gasteiger partial charge on any atom is -0.478 e. The molecule has 0 saturated carbocycles. The monoisotopic (exact) mass is 308 g/mol. The summed E-state index contributed by atoms with van der Waals surface area (Å²) in [6, 6.07) is 11.5. The van der Waals surface area contributed by atoms with E-state index in [0.29, 0.717) is 15.7 Å². The zero-order chi connectivity index (χ0) is 14.5. The molecule has 4 nitrogen and oxygen atoms in total. The Labute approximate surface area is 125 Å². The molecule has 2 N–H and O–H groups in total. The lowest BCUT2D eigenvalue weighted by Crippen LogP contribution is -1.97. The fraction of sp³-hybridized carbons (Fsp3) is 0. The molecule has 0 aliphatic carbocycles. The van der Waals surface area contributed by atoms with E-state index < -0.39 is 5.97 Å². The number of carboxylic acid groups (broad SMARTS) is 1. The highest BCUT2D eigenvalue weighted by atomic mass is 35.5. The highest BCUT2D eigenvalue weighted by molar-refractivity contribution is 6.42. The Morgan fingerprint density at radius 3 is 2.65 bits per heavy atom. The SMILES string of the molecule is O=C(O)c1cccc(NN=Cc2ccc(Cl)c(Cl)c2)c1. The maximum atomic E-state index is 10.8. The van der Waals surface area contributed by atoms with E-state index in [-0.39, 0.29) is 5.56 Å². The van der Waals surface area contributed by atoms with E-state index in [2.05, 4.69) is 10.5 Å². The normalized spacial score (nSPS) is 10.7. The Balaban J connectivity index is 2.07. The van der Waals surface area contributed by atoms with E-state index >= 15 is 0 Å². The van der Waals surface area contributed by atoms with Crippen LogP contribution in [0.15, 0.2) is 47.6 Å². The molecule has 6 heteroatoms.